The number of aryl methyl sites for hydroxylation is 1. The van der Waals surface area contributed by atoms with Crippen LogP contribution in [0.5, 0.6) is 0 Å². The smallest absolute Gasteiger partial charge is 0.371 e. The van der Waals surface area contributed by atoms with Gasteiger partial charge < -0.3 is 14.1 Å². The monoisotopic (exact) mass is 283 g/mol. The molecule has 0 aliphatic heterocycles. The summed E-state index contributed by atoms with van der Waals surface area (Å²) >= 11 is 0. The molecule has 0 saturated carbocycles. The van der Waals surface area contributed by atoms with E-state index in [-0.39, 0.29) is 11.3 Å². The summed E-state index contributed by atoms with van der Waals surface area (Å²) in [7, 11) is 0. The van der Waals surface area contributed by atoms with Crippen LogP contribution in [0.3, 0.4) is 0 Å². The van der Waals surface area contributed by atoms with Crippen molar-refractivity contribution in [2.45, 2.75) is 13.5 Å². The Hall–Kier alpha value is -2.82. The normalized spacial score (nSPS) is 10.9. The van der Waals surface area contributed by atoms with Crippen molar-refractivity contribution in [3.8, 4) is 0 Å². The van der Waals surface area contributed by atoms with Crippen molar-refractivity contribution in [3.05, 3.63) is 69.8 Å². The first-order valence-electron chi connectivity index (χ1n) is 6.46. The second-order valence-electron chi connectivity index (χ2n) is 4.91. The van der Waals surface area contributed by atoms with Crippen LogP contribution in [0.4, 0.5) is 0 Å². The maximum atomic E-state index is 12.0. The molecule has 1 N–H and O–H groups in total. The molecular formula is C16H13NO4. The van der Waals surface area contributed by atoms with E-state index in [1.54, 1.807) is 29.8 Å². The number of carboxylic acid groups (broad SMARTS) is 1. The molecule has 1 aromatic carbocycles. The highest BCUT2D eigenvalue weighted by Crippen LogP contribution is 2.21. The van der Waals surface area contributed by atoms with Crippen molar-refractivity contribution in [3.63, 3.8) is 0 Å². The van der Waals surface area contributed by atoms with E-state index < -0.39 is 5.97 Å². The van der Waals surface area contributed by atoms with E-state index in [0.29, 0.717) is 23.1 Å². The van der Waals surface area contributed by atoms with E-state index in [1.165, 1.54) is 6.07 Å². The Balaban J connectivity index is 1.99. The van der Waals surface area contributed by atoms with Gasteiger partial charge in [-0.2, -0.15) is 0 Å². The van der Waals surface area contributed by atoms with E-state index in [4.69, 9.17) is 9.52 Å². The van der Waals surface area contributed by atoms with Crippen molar-refractivity contribution in [1.29, 1.82) is 0 Å². The molecule has 0 atom stereocenters. The third kappa shape index (κ3) is 2.45. The summed E-state index contributed by atoms with van der Waals surface area (Å²) in [5.41, 5.74) is 2.09. The van der Waals surface area contributed by atoms with Gasteiger partial charge in [0.15, 0.2) is 0 Å². The number of carbonyl (C=O) groups is 1. The van der Waals surface area contributed by atoms with Gasteiger partial charge in [0, 0.05) is 17.1 Å². The molecule has 0 spiro atoms. The van der Waals surface area contributed by atoms with Gasteiger partial charge in [-0.05, 0) is 36.8 Å². The summed E-state index contributed by atoms with van der Waals surface area (Å²) in [5, 5.41) is 9.63. The van der Waals surface area contributed by atoms with Gasteiger partial charge in [-0.3, -0.25) is 4.79 Å². The number of hydrogen-bond acceptors (Lipinski definition) is 3. The zero-order valence-electron chi connectivity index (χ0n) is 11.4. The zero-order valence-corrected chi connectivity index (χ0v) is 11.4. The summed E-state index contributed by atoms with van der Waals surface area (Å²) in [5.74, 6) is -1.18. The van der Waals surface area contributed by atoms with E-state index in [1.807, 2.05) is 18.2 Å². The number of furan rings is 1. The van der Waals surface area contributed by atoms with Crippen LogP contribution in [0, 0.1) is 6.92 Å². The van der Waals surface area contributed by atoms with Gasteiger partial charge in [0.25, 0.3) is 5.56 Å². The Kier molecular flexibility index (Phi) is 3.10. The number of hydrogen-bond donors (Lipinski definition) is 1. The fourth-order valence-corrected chi connectivity index (χ4v) is 2.27. The van der Waals surface area contributed by atoms with Crippen molar-refractivity contribution < 1.29 is 14.3 Å². The number of carboxylic acids is 1. The molecule has 0 aliphatic carbocycles. The van der Waals surface area contributed by atoms with Crippen LogP contribution in [-0.4, -0.2) is 15.6 Å². The highest BCUT2D eigenvalue weighted by atomic mass is 16.4. The molecule has 0 aliphatic rings. The van der Waals surface area contributed by atoms with E-state index >= 15 is 0 Å². The largest absolute Gasteiger partial charge is 0.475 e. The maximum absolute atomic E-state index is 12.0. The molecule has 2 aromatic heterocycles. The molecule has 0 amide bonds. The quantitative estimate of drug-likeness (QED) is 0.802. The maximum Gasteiger partial charge on any atom is 0.371 e. The number of benzene rings is 1. The van der Waals surface area contributed by atoms with E-state index in [2.05, 4.69) is 0 Å². The standard InChI is InChI=1S/C16H13NO4/c1-10-3-2-6-17(15(10)18)9-11-4-5-13-12(7-11)8-14(21-13)16(19)20/h2-8H,9H2,1H3,(H,19,20). The second kappa shape index (κ2) is 4.94. The highest BCUT2D eigenvalue weighted by Gasteiger charge is 2.10. The van der Waals surface area contributed by atoms with Crippen molar-refractivity contribution in [2.75, 3.05) is 0 Å². The Morgan fingerprint density at radius 1 is 1.29 bits per heavy atom. The van der Waals surface area contributed by atoms with Gasteiger partial charge in [-0.15, -0.1) is 0 Å². The second-order valence-corrected chi connectivity index (χ2v) is 4.91. The van der Waals surface area contributed by atoms with Gasteiger partial charge >= 0.3 is 5.97 Å². The van der Waals surface area contributed by atoms with Gasteiger partial charge in [0.05, 0.1) is 6.54 Å². The lowest BCUT2D eigenvalue weighted by Crippen LogP contribution is -2.21. The molecule has 0 unspecified atom stereocenters. The van der Waals surface area contributed by atoms with E-state index in [9.17, 15) is 9.59 Å². The van der Waals surface area contributed by atoms with Crippen molar-refractivity contribution >= 4 is 16.9 Å². The van der Waals surface area contributed by atoms with Crippen LogP contribution < -0.4 is 5.56 Å². The van der Waals surface area contributed by atoms with Crippen LogP contribution in [0.2, 0.25) is 0 Å². The van der Waals surface area contributed by atoms with Gasteiger partial charge in [-0.1, -0.05) is 12.1 Å². The topological polar surface area (TPSA) is 72.4 Å². The number of aromatic nitrogens is 1. The highest BCUT2D eigenvalue weighted by molar-refractivity contribution is 5.91. The predicted octanol–water partition coefficient (Wildman–Crippen LogP) is 2.65. The van der Waals surface area contributed by atoms with Crippen LogP contribution in [0.15, 0.2) is 51.8 Å². The average Bonchev–Trinajstić information content (AvgIpc) is 2.87. The molecular weight excluding hydrogens is 270 g/mol. The van der Waals surface area contributed by atoms with Crippen LogP contribution in [0.1, 0.15) is 21.7 Å². The Bertz CT molecular complexity index is 889. The Morgan fingerprint density at radius 2 is 2.10 bits per heavy atom. The first-order chi connectivity index (χ1) is 10.0. The number of rotatable bonds is 3. The fourth-order valence-electron chi connectivity index (χ4n) is 2.27. The SMILES string of the molecule is Cc1cccn(Cc2ccc3oc(C(=O)O)cc3c2)c1=O. The molecule has 5 heteroatoms. The lowest BCUT2D eigenvalue weighted by Gasteiger charge is -2.06. The summed E-state index contributed by atoms with van der Waals surface area (Å²) < 4.78 is 6.83. The lowest BCUT2D eigenvalue weighted by molar-refractivity contribution is 0.0665. The molecule has 0 fully saturated rings. The molecule has 21 heavy (non-hydrogen) atoms. The minimum Gasteiger partial charge on any atom is -0.475 e. The molecule has 3 rings (SSSR count). The summed E-state index contributed by atoms with van der Waals surface area (Å²) in [6, 6.07) is 10.5. The summed E-state index contributed by atoms with van der Waals surface area (Å²) in [6.07, 6.45) is 1.73. The van der Waals surface area contributed by atoms with Gasteiger partial charge in [-0.25, -0.2) is 4.79 Å². The number of fused-ring (bicyclic) bond motifs is 1. The van der Waals surface area contributed by atoms with E-state index in [0.717, 1.165) is 5.56 Å². The fraction of sp³-hybridized carbons (Fsp3) is 0.125. The first kappa shape index (κ1) is 13.2. The van der Waals surface area contributed by atoms with Crippen LogP contribution in [-0.2, 0) is 6.54 Å². The Morgan fingerprint density at radius 3 is 2.86 bits per heavy atom. The van der Waals surface area contributed by atoms with Crippen LogP contribution in [0.25, 0.3) is 11.0 Å². The molecule has 3 aromatic rings. The van der Waals surface area contributed by atoms with Gasteiger partial charge in [0.1, 0.15) is 5.58 Å². The van der Waals surface area contributed by atoms with Crippen molar-refractivity contribution in [2.24, 2.45) is 0 Å². The molecule has 0 radical (unpaired) electrons. The molecule has 0 saturated heterocycles. The molecule has 0 bridgehead atoms. The summed E-state index contributed by atoms with van der Waals surface area (Å²) in [4.78, 5) is 22.9. The lowest BCUT2D eigenvalue weighted by atomic mass is 10.1. The first-order valence-corrected chi connectivity index (χ1v) is 6.46. The third-order valence-electron chi connectivity index (χ3n) is 3.35. The van der Waals surface area contributed by atoms with Crippen LogP contribution >= 0.6 is 0 Å². The molecule has 2 heterocycles. The molecule has 106 valence electrons. The minimum atomic E-state index is -1.09. The third-order valence-corrected chi connectivity index (χ3v) is 3.35. The summed E-state index contributed by atoms with van der Waals surface area (Å²) in [6.45, 7) is 2.21. The molecule has 5 nitrogen and oxygen atoms in total. The number of pyridine rings is 1. The van der Waals surface area contributed by atoms with Gasteiger partial charge in [0.2, 0.25) is 5.76 Å². The minimum absolute atomic E-state index is 0.0315. The zero-order chi connectivity index (χ0) is 15.0. The number of aromatic carboxylic acids is 1. The number of nitrogens with zero attached hydrogens (tertiary/aromatic N) is 1. The Labute approximate surface area is 120 Å². The predicted molar refractivity (Wildman–Crippen MR) is 77.7 cm³/mol. The van der Waals surface area contributed by atoms with Crippen molar-refractivity contribution in [1.82, 2.24) is 4.57 Å². The average molecular weight is 283 g/mol.